The van der Waals surface area contributed by atoms with Gasteiger partial charge < -0.3 is 0 Å². The Morgan fingerprint density at radius 2 is 2.36 bits per heavy atom. The minimum Gasteiger partial charge on any atom is -0.281 e. The number of carbonyl (C=O) groups excluding carboxylic acids is 2. The first kappa shape index (κ1) is 10.3. The zero-order chi connectivity index (χ0) is 8.69. The lowest BCUT2D eigenvalue weighted by Crippen LogP contribution is -1.98. The second-order valence-corrected chi connectivity index (χ2v) is 2.74. The summed E-state index contributed by atoms with van der Waals surface area (Å²) in [4.78, 5) is 23.4. The van der Waals surface area contributed by atoms with Crippen LogP contribution in [0.15, 0.2) is 4.99 Å². The van der Waals surface area contributed by atoms with Gasteiger partial charge in [0.1, 0.15) is 0 Å². The minimum atomic E-state index is -0.340. The maximum Gasteiger partial charge on any atom is 0.235 e. The molecule has 1 unspecified atom stereocenters. The van der Waals surface area contributed by atoms with Gasteiger partial charge in [0.05, 0.1) is 6.04 Å². The molecule has 1 atom stereocenters. The van der Waals surface area contributed by atoms with Crippen molar-refractivity contribution >= 4 is 22.9 Å². The van der Waals surface area contributed by atoms with Crippen LogP contribution in [0.5, 0.6) is 0 Å². The second-order valence-electron chi connectivity index (χ2n) is 2.32. The summed E-state index contributed by atoms with van der Waals surface area (Å²) < 4.78 is 0. The Balaban J connectivity index is 3.38. The number of carbonyl (C=O) groups is 1. The summed E-state index contributed by atoms with van der Waals surface area (Å²) in [6, 6.07) is -0.0523. The zero-order valence-corrected chi connectivity index (χ0v) is 7.10. The van der Waals surface area contributed by atoms with E-state index in [0.717, 1.165) is 0 Å². The molecule has 0 saturated carbocycles. The highest BCUT2D eigenvalue weighted by atomic mass is 35.5. The number of rotatable bonds is 5. The monoisotopic (exact) mass is 175 g/mol. The second kappa shape index (κ2) is 6.08. The van der Waals surface area contributed by atoms with Crippen molar-refractivity contribution in [3.05, 3.63) is 0 Å². The standard InChI is InChI=1S/C7H10ClNO2/c1-6(9-5-10)3-2-4-7(8)11/h6H,2-4H2,1H3. The van der Waals surface area contributed by atoms with Crippen molar-refractivity contribution in [2.75, 3.05) is 0 Å². The molecular formula is C7H10ClNO2. The van der Waals surface area contributed by atoms with Crippen LogP contribution in [0.1, 0.15) is 26.2 Å². The summed E-state index contributed by atoms with van der Waals surface area (Å²) in [6.45, 7) is 1.80. The normalized spacial score (nSPS) is 11.8. The van der Waals surface area contributed by atoms with Gasteiger partial charge >= 0.3 is 0 Å². The Kier molecular flexibility index (Phi) is 5.71. The van der Waals surface area contributed by atoms with E-state index >= 15 is 0 Å². The molecular weight excluding hydrogens is 166 g/mol. The van der Waals surface area contributed by atoms with Gasteiger partial charge in [0.2, 0.25) is 11.3 Å². The van der Waals surface area contributed by atoms with Gasteiger partial charge in [-0.1, -0.05) is 0 Å². The van der Waals surface area contributed by atoms with E-state index in [4.69, 9.17) is 11.6 Å². The molecule has 0 aliphatic heterocycles. The zero-order valence-electron chi connectivity index (χ0n) is 6.34. The van der Waals surface area contributed by atoms with Crippen LogP contribution in [-0.4, -0.2) is 17.4 Å². The molecule has 0 N–H and O–H groups in total. The smallest absolute Gasteiger partial charge is 0.235 e. The van der Waals surface area contributed by atoms with Crippen molar-refractivity contribution < 1.29 is 9.59 Å². The average molecular weight is 176 g/mol. The summed E-state index contributed by atoms with van der Waals surface area (Å²) in [5, 5.41) is -0.340. The number of aliphatic imine (C=N–C) groups is 1. The first-order valence-electron chi connectivity index (χ1n) is 3.42. The molecule has 0 aromatic heterocycles. The average Bonchev–Trinajstić information content (AvgIpc) is 1.87. The summed E-state index contributed by atoms with van der Waals surface area (Å²) >= 11 is 5.09. The third-order valence-electron chi connectivity index (χ3n) is 1.27. The fraction of sp³-hybridized carbons (Fsp3) is 0.714. The maximum atomic E-state index is 10.2. The Morgan fingerprint density at radius 3 is 2.82 bits per heavy atom. The van der Waals surface area contributed by atoms with Crippen LogP contribution >= 0.6 is 11.6 Å². The Morgan fingerprint density at radius 1 is 1.73 bits per heavy atom. The van der Waals surface area contributed by atoms with E-state index < -0.39 is 0 Å². The van der Waals surface area contributed by atoms with Gasteiger partial charge in [0, 0.05) is 6.42 Å². The van der Waals surface area contributed by atoms with Gasteiger partial charge in [-0.15, -0.1) is 0 Å². The molecule has 0 aromatic rings. The van der Waals surface area contributed by atoms with Crippen molar-refractivity contribution in [1.82, 2.24) is 0 Å². The van der Waals surface area contributed by atoms with Crippen LogP contribution in [0, 0.1) is 0 Å². The summed E-state index contributed by atoms with van der Waals surface area (Å²) in [5.41, 5.74) is 0. The molecule has 11 heavy (non-hydrogen) atoms. The van der Waals surface area contributed by atoms with E-state index in [1.165, 1.54) is 6.08 Å². The van der Waals surface area contributed by atoms with Crippen molar-refractivity contribution in [3.63, 3.8) is 0 Å². The molecule has 0 bridgehead atoms. The van der Waals surface area contributed by atoms with Crippen LogP contribution in [0.2, 0.25) is 0 Å². The van der Waals surface area contributed by atoms with Gasteiger partial charge in [-0.05, 0) is 31.4 Å². The molecule has 4 heteroatoms. The predicted molar refractivity (Wildman–Crippen MR) is 42.3 cm³/mol. The number of halogens is 1. The van der Waals surface area contributed by atoms with Gasteiger partial charge in [-0.2, -0.15) is 0 Å². The Bertz CT molecular complexity index is 175. The molecule has 3 nitrogen and oxygen atoms in total. The van der Waals surface area contributed by atoms with Crippen LogP contribution in [0.4, 0.5) is 0 Å². The van der Waals surface area contributed by atoms with E-state index in [1.807, 2.05) is 0 Å². The highest BCUT2D eigenvalue weighted by Crippen LogP contribution is 2.04. The van der Waals surface area contributed by atoms with Crippen molar-refractivity contribution in [1.29, 1.82) is 0 Å². The third-order valence-corrected chi connectivity index (χ3v) is 1.46. The lowest BCUT2D eigenvalue weighted by Gasteiger charge is -1.99. The molecule has 0 amide bonds. The molecule has 62 valence electrons. The van der Waals surface area contributed by atoms with Crippen LogP contribution in [-0.2, 0) is 9.59 Å². The van der Waals surface area contributed by atoms with Gasteiger partial charge in [-0.25, -0.2) is 9.79 Å². The van der Waals surface area contributed by atoms with Gasteiger partial charge in [-0.3, -0.25) is 4.79 Å². The SMILES string of the molecule is CC(CCCC(=O)Cl)N=C=O. The molecule has 0 aliphatic rings. The lowest BCUT2D eigenvalue weighted by atomic mass is 10.1. The van der Waals surface area contributed by atoms with E-state index in [9.17, 15) is 9.59 Å². The van der Waals surface area contributed by atoms with Crippen molar-refractivity contribution in [2.24, 2.45) is 4.99 Å². The topological polar surface area (TPSA) is 46.5 Å². The first-order valence-corrected chi connectivity index (χ1v) is 3.80. The van der Waals surface area contributed by atoms with E-state index in [2.05, 4.69) is 4.99 Å². The summed E-state index contributed by atoms with van der Waals surface area (Å²) in [5.74, 6) is 0. The quantitative estimate of drug-likeness (QED) is 0.362. The third kappa shape index (κ3) is 7.23. The number of hydrogen-bond acceptors (Lipinski definition) is 3. The fourth-order valence-electron chi connectivity index (χ4n) is 0.691. The molecule has 0 heterocycles. The molecule has 0 spiro atoms. The van der Waals surface area contributed by atoms with E-state index in [-0.39, 0.29) is 11.3 Å². The largest absolute Gasteiger partial charge is 0.281 e. The highest BCUT2D eigenvalue weighted by Gasteiger charge is 2.00. The number of hydrogen-bond donors (Lipinski definition) is 0. The predicted octanol–water partition coefficient (Wildman–Crippen LogP) is 1.65. The van der Waals surface area contributed by atoms with Gasteiger partial charge in [0.15, 0.2) is 0 Å². The van der Waals surface area contributed by atoms with E-state index in [0.29, 0.717) is 19.3 Å². The highest BCUT2D eigenvalue weighted by molar-refractivity contribution is 6.63. The number of nitrogens with zero attached hydrogens (tertiary/aromatic N) is 1. The molecule has 0 aromatic carbocycles. The Hall–Kier alpha value is -0.660. The van der Waals surface area contributed by atoms with Crippen molar-refractivity contribution in [3.8, 4) is 0 Å². The number of isocyanates is 1. The summed E-state index contributed by atoms with van der Waals surface area (Å²) in [6.07, 6.45) is 3.19. The molecule has 0 radical (unpaired) electrons. The van der Waals surface area contributed by atoms with Crippen LogP contribution < -0.4 is 0 Å². The Labute approximate surface area is 70.5 Å². The molecule has 0 fully saturated rings. The van der Waals surface area contributed by atoms with Gasteiger partial charge in [0.25, 0.3) is 0 Å². The van der Waals surface area contributed by atoms with Crippen LogP contribution in [0.25, 0.3) is 0 Å². The first-order chi connectivity index (χ1) is 5.16. The molecule has 0 aliphatic carbocycles. The molecule has 0 rings (SSSR count). The molecule has 0 saturated heterocycles. The fourth-order valence-corrected chi connectivity index (χ4v) is 0.825. The lowest BCUT2D eigenvalue weighted by molar-refractivity contribution is -0.111. The van der Waals surface area contributed by atoms with Crippen molar-refractivity contribution in [2.45, 2.75) is 32.2 Å². The maximum absolute atomic E-state index is 10.2. The van der Waals surface area contributed by atoms with Crippen LogP contribution in [0.3, 0.4) is 0 Å². The minimum absolute atomic E-state index is 0.0523. The summed E-state index contributed by atoms with van der Waals surface area (Å²) in [7, 11) is 0. The van der Waals surface area contributed by atoms with E-state index in [1.54, 1.807) is 6.92 Å².